The van der Waals surface area contributed by atoms with Crippen molar-refractivity contribution in [1.82, 2.24) is 5.32 Å². The van der Waals surface area contributed by atoms with Crippen molar-refractivity contribution in [2.45, 2.75) is 242 Å². The Balaban J connectivity index is 1.73. The van der Waals surface area contributed by atoms with Crippen LogP contribution in [0.15, 0.2) is 24.3 Å². The van der Waals surface area contributed by atoms with E-state index in [1.54, 1.807) is 6.08 Å². The molecule has 0 aliphatic carbocycles. The second-order valence-electron chi connectivity index (χ2n) is 16.9. The van der Waals surface area contributed by atoms with E-state index in [9.17, 15) is 45.6 Å². The first-order valence-corrected chi connectivity index (χ1v) is 23.6. The smallest absolute Gasteiger partial charge is 0.220 e. The van der Waals surface area contributed by atoms with E-state index in [1.807, 2.05) is 6.08 Å². The van der Waals surface area contributed by atoms with E-state index in [0.29, 0.717) is 6.42 Å². The van der Waals surface area contributed by atoms with Gasteiger partial charge in [0.05, 0.1) is 32.0 Å². The predicted octanol–water partition coefficient (Wildman–Crippen LogP) is 4.99. The number of rotatable bonds is 35. The molecule has 0 aromatic carbocycles. The van der Waals surface area contributed by atoms with Gasteiger partial charge in [-0.2, -0.15) is 0 Å². The average molecular weight is 860 g/mol. The van der Waals surface area contributed by atoms with Crippen molar-refractivity contribution in [3.63, 3.8) is 0 Å². The first kappa shape index (κ1) is 54.6. The van der Waals surface area contributed by atoms with E-state index in [4.69, 9.17) is 18.9 Å². The van der Waals surface area contributed by atoms with Gasteiger partial charge in [0.1, 0.15) is 48.8 Å². The first-order chi connectivity index (χ1) is 29.1. The Morgan fingerprint density at radius 1 is 0.583 bits per heavy atom. The molecule has 1 amide bonds. The fraction of sp³-hybridized carbons (Fsp3) is 0.891. The summed E-state index contributed by atoms with van der Waals surface area (Å²) in [5.74, 6) is -0.250. The Hall–Kier alpha value is -1.53. The van der Waals surface area contributed by atoms with Crippen molar-refractivity contribution in [3.8, 4) is 0 Å². The van der Waals surface area contributed by atoms with Crippen molar-refractivity contribution in [2.24, 2.45) is 0 Å². The lowest BCUT2D eigenvalue weighted by Gasteiger charge is -2.46. The third kappa shape index (κ3) is 21.7. The topological polar surface area (TPSA) is 228 Å². The molecule has 12 atom stereocenters. The summed E-state index contributed by atoms with van der Waals surface area (Å²) in [6.07, 6.45) is 18.6. The number of aliphatic hydroxyl groups is 8. The van der Waals surface area contributed by atoms with E-state index in [1.165, 1.54) is 96.3 Å². The summed E-state index contributed by atoms with van der Waals surface area (Å²) in [5.41, 5.74) is 0. The maximum absolute atomic E-state index is 13.0. The third-order valence-electron chi connectivity index (χ3n) is 11.6. The SMILES string of the molecule is CCCCC/C=C/C(O)C(COC1OC(CO)C(OC2OC(CO)C(O)C(O)C2O)C(O)C1O)NC(=O)CCCCCCCCCCC/C=C\CCCCCCCCCC. The zero-order valence-corrected chi connectivity index (χ0v) is 36.9. The number of carbonyl (C=O) groups is 1. The number of nitrogens with one attached hydrogen (secondary N) is 1. The highest BCUT2D eigenvalue weighted by molar-refractivity contribution is 5.76. The molecule has 2 rings (SSSR count). The van der Waals surface area contributed by atoms with Gasteiger partial charge in [-0.3, -0.25) is 4.79 Å². The quantitative estimate of drug-likeness (QED) is 0.0303. The van der Waals surface area contributed by atoms with Gasteiger partial charge in [0.2, 0.25) is 5.91 Å². The maximum atomic E-state index is 13.0. The fourth-order valence-electron chi connectivity index (χ4n) is 7.70. The minimum absolute atomic E-state index is 0.250. The highest BCUT2D eigenvalue weighted by Crippen LogP contribution is 2.30. The van der Waals surface area contributed by atoms with E-state index >= 15 is 0 Å². The Morgan fingerprint density at radius 3 is 1.62 bits per heavy atom. The standard InChI is InChI=1S/C46H85NO13/c1-3-5-7-9-10-11-12-13-14-15-16-17-18-19-20-21-22-23-24-26-28-30-38(51)47-34(35(50)29-27-25-8-6-4-2)33-57-45-43(56)41(54)44(37(32-49)59-45)60-46-42(55)40(53)39(52)36(31-48)58-46/h15-16,27,29,34-37,39-46,48-50,52-56H,3-14,17-26,28,30-33H2,1-2H3,(H,47,51)/b16-15-,29-27+. The van der Waals surface area contributed by atoms with Crippen LogP contribution in [0.25, 0.3) is 0 Å². The van der Waals surface area contributed by atoms with Gasteiger partial charge in [-0.1, -0.05) is 141 Å². The number of aliphatic hydroxyl groups excluding tert-OH is 8. The zero-order chi connectivity index (χ0) is 44.0. The largest absolute Gasteiger partial charge is 0.394 e. The van der Waals surface area contributed by atoms with Crippen LogP contribution in [0.4, 0.5) is 0 Å². The molecule has 12 unspecified atom stereocenters. The van der Waals surface area contributed by atoms with Crippen LogP contribution in [-0.2, 0) is 23.7 Å². The molecule has 0 spiro atoms. The number of hydrogen-bond acceptors (Lipinski definition) is 13. The summed E-state index contributed by atoms with van der Waals surface area (Å²) in [6.45, 7) is 2.65. The molecule has 2 aliphatic rings. The maximum Gasteiger partial charge on any atom is 0.220 e. The van der Waals surface area contributed by atoms with Crippen molar-refractivity contribution in [1.29, 1.82) is 0 Å². The highest BCUT2D eigenvalue weighted by Gasteiger charge is 2.50. The summed E-state index contributed by atoms with van der Waals surface area (Å²) in [4.78, 5) is 13.0. The molecule has 2 fully saturated rings. The lowest BCUT2D eigenvalue weighted by molar-refractivity contribution is -0.359. The van der Waals surface area contributed by atoms with E-state index < -0.39 is 86.8 Å². The van der Waals surface area contributed by atoms with E-state index in [2.05, 4.69) is 31.3 Å². The van der Waals surface area contributed by atoms with Crippen molar-refractivity contribution >= 4 is 5.91 Å². The molecule has 0 bridgehead atoms. The molecule has 0 saturated carbocycles. The lowest BCUT2D eigenvalue weighted by atomic mass is 9.97. The minimum atomic E-state index is -1.78. The Bertz CT molecular complexity index is 1110. The van der Waals surface area contributed by atoms with Crippen LogP contribution in [0.1, 0.15) is 168 Å². The fourth-order valence-corrected chi connectivity index (χ4v) is 7.70. The number of ether oxygens (including phenoxy) is 4. The van der Waals surface area contributed by atoms with Gasteiger partial charge >= 0.3 is 0 Å². The van der Waals surface area contributed by atoms with Gasteiger partial charge < -0.3 is 65.1 Å². The molecule has 2 aliphatic heterocycles. The molecule has 14 heteroatoms. The van der Waals surface area contributed by atoms with Crippen molar-refractivity contribution in [3.05, 3.63) is 24.3 Å². The Kier molecular flexibility index (Phi) is 30.9. The van der Waals surface area contributed by atoms with Gasteiger partial charge in [0, 0.05) is 6.42 Å². The molecular weight excluding hydrogens is 774 g/mol. The number of allylic oxidation sites excluding steroid dienone is 3. The lowest BCUT2D eigenvalue weighted by Crippen LogP contribution is -2.65. The van der Waals surface area contributed by atoms with Gasteiger partial charge in [-0.15, -0.1) is 0 Å². The normalized spacial score (nSPS) is 28.4. The second kappa shape index (κ2) is 34.0. The molecular formula is C46H85NO13. The van der Waals surface area contributed by atoms with Crippen LogP contribution in [0.3, 0.4) is 0 Å². The van der Waals surface area contributed by atoms with Gasteiger partial charge in [0.15, 0.2) is 12.6 Å². The number of unbranched alkanes of at least 4 members (excludes halogenated alkanes) is 20. The van der Waals surface area contributed by atoms with Crippen LogP contribution in [0.5, 0.6) is 0 Å². The van der Waals surface area contributed by atoms with Crippen LogP contribution in [0.2, 0.25) is 0 Å². The number of carbonyl (C=O) groups excluding carboxylic acids is 1. The Morgan fingerprint density at radius 2 is 1.05 bits per heavy atom. The molecule has 352 valence electrons. The third-order valence-corrected chi connectivity index (χ3v) is 11.6. The minimum Gasteiger partial charge on any atom is -0.394 e. The van der Waals surface area contributed by atoms with Crippen LogP contribution < -0.4 is 5.32 Å². The number of hydrogen-bond donors (Lipinski definition) is 9. The summed E-state index contributed by atoms with van der Waals surface area (Å²) >= 11 is 0. The molecule has 14 nitrogen and oxygen atoms in total. The summed E-state index contributed by atoms with van der Waals surface area (Å²) in [7, 11) is 0. The molecule has 9 N–H and O–H groups in total. The predicted molar refractivity (Wildman–Crippen MR) is 231 cm³/mol. The Labute approximate surface area is 360 Å². The zero-order valence-electron chi connectivity index (χ0n) is 36.9. The van der Waals surface area contributed by atoms with Crippen LogP contribution in [-0.4, -0.2) is 140 Å². The molecule has 0 radical (unpaired) electrons. The van der Waals surface area contributed by atoms with E-state index in [-0.39, 0.29) is 18.9 Å². The van der Waals surface area contributed by atoms with Crippen molar-refractivity contribution < 1.29 is 64.6 Å². The van der Waals surface area contributed by atoms with Gasteiger partial charge in [-0.05, 0) is 44.9 Å². The molecule has 0 aromatic rings. The van der Waals surface area contributed by atoms with Gasteiger partial charge in [-0.25, -0.2) is 0 Å². The molecule has 2 heterocycles. The second-order valence-corrected chi connectivity index (χ2v) is 16.9. The van der Waals surface area contributed by atoms with E-state index in [0.717, 1.165) is 44.9 Å². The van der Waals surface area contributed by atoms with Crippen LogP contribution >= 0.6 is 0 Å². The monoisotopic (exact) mass is 860 g/mol. The van der Waals surface area contributed by atoms with Crippen molar-refractivity contribution in [2.75, 3.05) is 19.8 Å². The average Bonchev–Trinajstić information content (AvgIpc) is 3.24. The first-order valence-electron chi connectivity index (χ1n) is 23.6. The van der Waals surface area contributed by atoms with Crippen LogP contribution in [0, 0.1) is 0 Å². The highest BCUT2D eigenvalue weighted by atomic mass is 16.7. The summed E-state index contributed by atoms with van der Waals surface area (Å²) in [5, 5.41) is 86.0. The molecule has 2 saturated heterocycles. The van der Waals surface area contributed by atoms with Gasteiger partial charge in [0.25, 0.3) is 0 Å². The molecule has 0 aromatic heterocycles. The number of amides is 1. The molecule has 60 heavy (non-hydrogen) atoms. The summed E-state index contributed by atoms with van der Waals surface area (Å²) in [6, 6.07) is -0.908. The summed E-state index contributed by atoms with van der Waals surface area (Å²) < 4.78 is 22.5.